The second-order valence-electron chi connectivity index (χ2n) is 8.44. The molecule has 1 saturated heterocycles. The van der Waals surface area contributed by atoms with Crippen molar-refractivity contribution in [1.82, 2.24) is 14.9 Å². The van der Waals surface area contributed by atoms with Gasteiger partial charge in [0, 0.05) is 48.8 Å². The summed E-state index contributed by atoms with van der Waals surface area (Å²) in [7, 11) is 0. The SMILES string of the molecule is Br.Cc1cncc(CN2CCC(=C3c4ccc(Cl)cc4CCc4cccnc43)CC2)c1. The molecule has 0 unspecified atom stereocenters. The van der Waals surface area contributed by atoms with Gasteiger partial charge in [0.2, 0.25) is 0 Å². The summed E-state index contributed by atoms with van der Waals surface area (Å²) in [5.74, 6) is 0. The number of rotatable bonds is 2. The highest BCUT2D eigenvalue weighted by atomic mass is 79.9. The predicted molar refractivity (Wildman–Crippen MR) is 133 cm³/mol. The molecule has 160 valence electrons. The van der Waals surface area contributed by atoms with E-state index in [0.29, 0.717) is 0 Å². The smallest absolute Gasteiger partial charge is 0.0739 e. The van der Waals surface area contributed by atoms with Gasteiger partial charge in [0.25, 0.3) is 0 Å². The van der Waals surface area contributed by atoms with Crippen LogP contribution in [-0.4, -0.2) is 28.0 Å². The zero-order chi connectivity index (χ0) is 20.5. The number of hydrogen-bond acceptors (Lipinski definition) is 3. The minimum Gasteiger partial charge on any atom is -0.298 e. The van der Waals surface area contributed by atoms with Crippen LogP contribution < -0.4 is 0 Å². The summed E-state index contributed by atoms with van der Waals surface area (Å²) in [6, 6.07) is 12.9. The van der Waals surface area contributed by atoms with Crippen molar-refractivity contribution in [2.24, 2.45) is 0 Å². The van der Waals surface area contributed by atoms with Crippen LogP contribution in [0.15, 0.2) is 60.6 Å². The van der Waals surface area contributed by atoms with E-state index in [2.05, 4.69) is 47.1 Å². The predicted octanol–water partition coefficient (Wildman–Crippen LogP) is 6.21. The van der Waals surface area contributed by atoms with Gasteiger partial charge >= 0.3 is 0 Å². The van der Waals surface area contributed by atoms with Crippen LogP contribution >= 0.6 is 28.6 Å². The van der Waals surface area contributed by atoms with Crippen LogP contribution in [0, 0.1) is 6.92 Å². The van der Waals surface area contributed by atoms with E-state index in [4.69, 9.17) is 16.6 Å². The lowest BCUT2D eigenvalue weighted by molar-refractivity contribution is 0.248. The monoisotopic (exact) mass is 495 g/mol. The summed E-state index contributed by atoms with van der Waals surface area (Å²) in [6.45, 7) is 5.21. The number of pyridine rings is 2. The van der Waals surface area contributed by atoms with Gasteiger partial charge in [0.1, 0.15) is 0 Å². The maximum absolute atomic E-state index is 6.34. The standard InChI is InChI=1S/C26H26ClN3.BrH/c1-18-13-19(16-28-15-18)17-30-11-8-20(9-12-30)25-24-7-6-23(27)14-22(24)5-4-21-3-2-10-29-26(21)25;/h2-3,6-7,10,13-16H,4-5,8-9,11-12,17H2,1H3;1H. The highest BCUT2D eigenvalue weighted by Gasteiger charge is 2.25. The zero-order valence-electron chi connectivity index (χ0n) is 17.8. The zero-order valence-corrected chi connectivity index (χ0v) is 20.2. The van der Waals surface area contributed by atoms with Crippen molar-refractivity contribution in [2.75, 3.05) is 13.1 Å². The Bertz CT molecular complexity index is 1120. The first-order valence-corrected chi connectivity index (χ1v) is 11.1. The van der Waals surface area contributed by atoms with E-state index in [1.165, 1.54) is 44.7 Å². The highest BCUT2D eigenvalue weighted by Crippen LogP contribution is 2.38. The molecule has 0 amide bonds. The minimum absolute atomic E-state index is 0. The topological polar surface area (TPSA) is 29.0 Å². The molecule has 3 heterocycles. The van der Waals surface area contributed by atoms with E-state index < -0.39 is 0 Å². The second kappa shape index (κ2) is 9.64. The molecule has 1 aliphatic heterocycles. The summed E-state index contributed by atoms with van der Waals surface area (Å²) in [4.78, 5) is 11.7. The first-order valence-electron chi connectivity index (χ1n) is 10.8. The van der Waals surface area contributed by atoms with Crippen LogP contribution in [0.3, 0.4) is 0 Å². The average molecular weight is 497 g/mol. The largest absolute Gasteiger partial charge is 0.298 e. The van der Waals surface area contributed by atoms with Gasteiger partial charge in [0.15, 0.2) is 0 Å². The Morgan fingerprint density at radius 2 is 1.77 bits per heavy atom. The van der Waals surface area contributed by atoms with Crippen molar-refractivity contribution in [3.05, 3.63) is 99.1 Å². The first kappa shape index (κ1) is 22.2. The maximum atomic E-state index is 6.34. The number of aryl methyl sites for hydroxylation is 3. The lowest BCUT2D eigenvalue weighted by Crippen LogP contribution is -2.30. The number of nitrogens with zero attached hydrogens (tertiary/aromatic N) is 3. The normalized spacial score (nSPS) is 16.2. The third-order valence-corrected chi connectivity index (χ3v) is 6.51. The van der Waals surface area contributed by atoms with Crippen molar-refractivity contribution in [2.45, 2.75) is 39.2 Å². The molecule has 0 saturated carbocycles. The van der Waals surface area contributed by atoms with Crippen molar-refractivity contribution in [3.8, 4) is 0 Å². The molecule has 0 radical (unpaired) electrons. The van der Waals surface area contributed by atoms with Gasteiger partial charge in [-0.25, -0.2) is 0 Å². The van der Waals surface area contributed by atoms with Crippen LogP contribution in [0.4, 0.5) is 0 Å². The number of benzene rings is 1. The molecule has 2 aromatic heterocycles. The molecule has 5 rings (SSSR count). The van der Waals surface area contributed by atoms with E-state index in [1.54, 1.807) is 0 Å². The summed E-state index contributed by atoms with van der Waals surface area (Å²) in [5, 5.41) is 0.818. The van der Waals surface area contributed by atoms with Gasteiger partial charge in [0.05, 0.1) is 5.69 Å². The molecular formula is C26H27BrClN3. The third kappa shape index (κ3) is 4.77. The van der Waals surface area contributed by atoms with Crippen LogP contribution in [0.25, 0.3) is 5.57 Å². The highest BCUT2D eigenvalue weighted by molar-refractivity contribution is 8.93. The maximum Gasteiger partial charge on any atom is 0.0739 e. The Labute approximate surface area is 200 Å². The summed E-state index contributed by atoms with van der Waals surface area (Å²) >= 11 is 6.34. The van der Waals surface area contributed by atoms with Crippen molar-refractivity contribution in [3.63, 3.8) is 0 Å². The Hall–Kier alpha value is -2.01. The van der Waals surface area contributed by atoms with E-state index in [1.807, 2.05) is 24.7 Å². The fourth-order valence-corrected chi connectivity index (χ4v) is 5.02. The van der Waals surface area contributed by atoms with E-state index >= 15 is 0 Å². The van der Waals surface area contributed by atoms with Gasteiger partial charge in [-0.15, -0.1) is 17.0 Å². The lowest BCUT2D eigenvalue weighted by Gasteiger charge is -2.30. The number of hydrogen-bond donors (Lipinski definition) is 0. The molecule has 1 aromatic carbocycles. The van der Waals surface area contributed by atoms with Crippen LogP contribution in [-0.2, 0) is 19.4 Å². The number of piperidine rings is 1. The van der Waals surface area contributed by atoms with E-state index in [-0.39, 0.29) is 17.0 Å². The molecule has 1 aliphatic carbocycles. The van der Waals surface area contributed by atoms with Crippen LogP contribution in [0.2, 0.25) is 5.02 Å². The fraction of sp³-hybridized carbons (Fsp3) is 0.308. The van der Waals surface area contributed by atoms with Gasteiger partial charge in [-0.3, -0.25) is 14.9 Å². The Morgan fingerprint density at radius 3 is 2.58 bits per heavy atom. The Morgan fingerprint density at radius 1 is 0.968 bits per heavy atom. The van der Waals surface area contributed by atoms with Crippen LogP contribution in [0.1, 0.15) is 46.4 Å². The molecule has 1 fully saturated rings. The molecule has 0 atom stereocenters. The molecular weight excluding hydrogens is 470 g/mol. The minimum atomic E-state index is 0. The summed E-state index contributed by atoms with van der Waals surface area (Å²) in [5.41, 5.74) is 10.6. The molecule has 0 spiro atoms. The number of likely N-dealkylation sites (tertiary alicyclic amines) is 1. The van der Waals surface area contributed by atoms with Crippen molar-refractivity contribution >= 4 is 34.2 Å². The van der Waals surface area contributed by atoms with E-state index in [9.17, 15) is 0 Å². The van der Waals surface area contributed by atoms with Gasteiger partial charge < -0.3 is 0 Å². The molecule has 0 N–H and O–H groups in total. The summed E-state index contributed by atoms with van der Waals surface area (Å²) < 4.78 is 0. The quantitative estimate of drug-likeness (QED) is 0.422. The molecule has 5 heteroatoms. The second-order valence-corrected chi connectivity index (χ2v) is 8.87. The Balaban J connectivity index is 0.00000231. The van der Waals surface area contributed by atoms with Crippen molar-refractivity contribution < 1.29 is 0 Å². The fourth-order valence-electron chi connectivity index (χ4n) is 4.83. The third-order valence-electron chi connectivity index (χ3n) is 6.28. The Kier molecular flexibility index (Phi) is 6.90. The number of halogens is 2. The first-order chi connectivity index (χ1) is 14.7. The summed E-state index contributed by atoms with van der Waals surface area (Å²) in [6.07, 6.45) is 10.0. The number of fused-ring (bicyclic) bond motifs is 2. The van der Waals surface area contributed by atoms with Gasteiger partial charge in [-0.1, -0.05) is 35.4 Å². The van der Waals surface area contributed by atoms with Gasteiger partial charge in [-0.2, -0.15) is 0 Å². The molecule has 3 aromatic rings. The van der Waals surface area contributed by atoms with Gasteiger partial charge in [-0.05, 0) is 78.6 Å². The molecule has 0 bridgehead atoms. The molecule has 2 aliphatic rings. The molecule has 31 heavy (non-hydrogen) atoms. The van der Waals surface area contributed by atoms with Crippen molar-refractivity contribution in [1.29, 1.82) is 0 Å². The van der Waals surface area contributed by atoms with E-state index in [0.717, 1.165) is 50.3 Å². The molecule has 3 nitrogen and oxygen atoms in total. The number of aromatic nitrogens is 2. The van der Waals surface area contributed by atoms with Crippen LogP contribution in [0.5, 0.6) is 0 Å². The average Bonchev–Trinajstić information content (AvgIpc) is 2.91. The lowest BCUT2D eigenvalue weighted by atomic mass is 9.88.